The minimum absolute atomic E-state index is 0.279. The summed E-state index contributed by atoms with van der Waals surface area (Å²) in [5.41, 5.74) is 2.52. The molecule has 0 saturated heterocycles. The van der Waals surface area contributed by atoms with E-state index >= 15 is 0 Å². The van der Waals surface area contributed by atoms with Gasteiger partial charge in [-0.1, -0.05) is 41.4 Å². The van der Waals surface area contributed by atoms with Crippen LogP contribution >= 0.6 is 11.6 Å². The van der Waals surface area contributed by atoms with E-state index in [2.05, 4.69) is 10.4 Å². The number of benzene rings is 2. The third-order valence-electron chi connectivity index (χ3n) is 3.13. The Morgan fingerprint density at radius 1 is 1.10 bits per heavy atom. The van der Waals surface area contributed by atoms with Crippen molar-refractivity contribution in [1.29, 1.82) is 0 Å². The molecule has 0 N–H and O–H groups in total. The Labute approximate surface area is 126 Å². The molecule has 0 aliphatic carbocycles. The van der Waals surface area contributed by atoms with Crippen molar-refractivity contribution in [1.82, 2.24) is 19.8 Å². The van der Waals surface area contributed by atoms with Crippen LogP contribution < -0.4 is 5.69 Å². The molecule has 106 valence electrons. The third-order valence-corrected chi connectivity index (χ3v) is 3.38. The molecule has 5 nitrogen and oxygen atoms in total. The molecular formula is C15H13ClN4O. The molecule has 3 aromatic rings. The molecule has 6 heteroatoms. The maximum atomic E-state index is 12.3. The Hall–Kier alpha value is -2.40. The van der Waals surface area contributed by atoms with Crippen molar-refractivity contribution < 1.29 is 0 Å². The maximum absolute atomic E-state index is 12.3. The van der Waals surface area contributed by atoms with E-state index in [1.54, 1.807) is 24.3 Å². The summed E-state index contributed by atoms with van der Waals surface area (Å²) in [7, 11) is 0. The molecule has 0 aliphatic heterocycles. The summed E-state index contributed by atoms with van der Waals surface area (Å²) in [5, 5.41) is 8.44. The topological polar surface area (TPSA) is 52.7 Å². The van der Waals surface area contributed by atoms with E-state index in [4.69, 9.17) is 11.6 Å². The first-order valence-corrected chi connectivity index (χ1v) is 6.85. The largest absolute Gasteiger partial charge is 0.368 e. The first-order valence-electron chi connectivity index (χ1n) is 6.48. The number of nitrogens with zero attached hydrogens (tertiary/aromatic N) is 4. The molecule has 0 amide bonds. The van der Waals surface area contributed by atoms with Crippen molar-refractivity contribution in [2.45, 2.75) is 13.5 Å². The van der Waals surface area contributed by atoms with E-state index in [0.29, 0.717) is 17.3 Å². The highest BCUT2D eigenvalue weighted by Crippen LogP contribution is 2.11. The van der Waals surface area contributed by atoms with Crippen LogP contribution in [-0.2, 0) is 6.54 Å². The van der Waals surface area contributed by atoms with Crippen molar-refractivity contribution in [3.8, 4) is 5.69 Å². The normalized spacial score (nSPS) is 10.8. The molecule has 21 heavy (non-hydrogen) atoms. The zero-order valence-corrected chi connectivity index (χ0v) is 12.2. The van der Waals surface area contributed by atoms with Gasteiger partial charge in [-0.2, -0.15) is 9.36 Å². The highest BCUT2D eigenvalue weighted by atomic mass is 35.5. The Morgan fingerprint density at radius 3 is 2.57 bits per heavy atom. The second-order valence-corrected chi connectivity index (χ2v) is 5.23. The van der Waals surface area contributed by atoms with E-state index in [-0.39, 0.29) is 5.69 Å². The van der Waals surface area contributed by atoms with E-state index in [0.717, 1.165) is 11.1 Å². The lowest BCUT2D eigenvalue weighted by Gasteiger charge is -2.01. The molecule has 0 aliphatic rings. The molecule has 1 heterocycles. The second kappa shape index (κ2) is 5.54. The minimum atomic E-state index is -0.279. The smallest absolute Gasteiger partial charge is 0.244 e. The third kappa shape index (κ3) is 2.87. The monoisotopic (exact) mass is 300 g/mol. The zero-order chi connectivity index (χ0) is 14.8. The first kappa shape index (κ1) is 13.6. The lowest BCUT2D eigenvalue weighted by Crippen LogP contribution is -2.24. The lowest BCUT2D eigenvalue weighted by molar-refractivity contribution is 0.631. The predicted octanol–water partition coefficient (Wildman–Crippen LogP) is 2.44. The van der Waals surface area contributed by atoms with Crippen LogP contribution in [0.2, 0.25) is 5.02 Å². The van der Waals surface area contributed by atoms with Crippen LogP contribution in [0, 0.1) is 6.92 Å². The summed E-state index contributed by atoms with van der Waals surface area (Å²) >= 11 is 5.84. The number of hydrogen-bond donors (Lipinski definition) is 0. The molecule has 0 spiro atoms. The van der Waals surface area contributed by atoms with E-state index < -0.39 is 0 Å². The number of rotatable bonds is 3. The van der Waals surface area contributed by atoms with Gasteiger partial charge < -0.3 is 0 Å². The van der Waals surface area contributed by atoms with Gasteiger partial charge in [-0.05, 0) is 47.2 Å². The summed E-state index contributed by atoms with van der Waals surface area (Å²) in [6, 6.07) is 14.8. The van der Waals surface area contributed by atoms with Gasteiger partial charge in [-0.15, -0.1) is 0 Å². The average Bonchev–Trinajstić information content (AvgIpc) is 2.81. The van der Waals surface area contributed by atoms with Crippen LogP contribution in [0.3, 0.4) is 0 Å². The van der Waals surface area contributed by atoms with E-state index in [1.165, 1.54) is 9.36 Å². The van der Waals surface area contributed by atoms with Crippen LogP contribution in [0.25, 0.3) is 5.69 Å². The molecule has 1 aromatic heterocycles. The number of hydrogen-bond acceptors (Lipinski definition) is 3. The highest BCUT2D eigenvalue weighted by Gasteiger charge is 2.09. The lowest BCUT2D eigenvalue weighted by atomic mass is 10.1. The molecular weight excluding hydrogens is 288 g/mol. The summed E-state index contributed by atoms with van der Waals surface area (Å²) in [6.07, 6.45) is 0. The fourth-order valence-electron chi connectivity index (χ4n) is 2.10. The SMILES string of the molecule is Cc1cccc(Cn2nnn(-c3ccc(Cl)cc3)c2=O)c1. The highest BCUT2D eigenvalue weighted by molar-refractivity contribution is 6.30. The molecule has 0 radical (unpaired) electrons. The van der Waals surface area contributed by atoms with Crippen LogP contribution in [0.5, 0.6) is 0 Å². The summed E-state index contributed by atoms with van der Waals surface area (Å²) in [5.74, 6) is 0. The molecule has 0 fully saturated rings. The van der Waals surface area contributed by atoms with Crippen LogP contribution in [0.4, 0.5) is 0 Å². The maximum Gasteiger partial charge on any atom is 0.368 e. The van der Waals surface area contributed by atoms with Gasteiger partial charge in [0.05, 0.1) is 12.2 Å². The van der Waals surface area contributed by atoms with E-state index in [9.17, 15) is 4.79 Å². The molecule has 0 bridgehead atoms. The number of tetrazole rings is 1. The fraction of sp³-hybridized carbons (Fsp3) is 0.133. The quantitative estimate of drug-likeness (QED) is 0.746. The van der Waals surface area contributed by atoms with E-state index in [1.807, 2.05) is 31.2 Å². The van der Waals surface area contributed by atoms with Crippen molar-refractivity contribution in [3.05, 3.63) is 75.2 Å². The summed E-state index contributed by atoms with van der Waals surface area (Å²) < 4.78 is 2.59. The van der Waals surface area contributed by atoms with Gasteiger partial charge in [0.2, 0.25) is 0 Å². The van der Waals surface area contributed by atoms with Crippen LogP contribution in [-0.4, -0.2) is 19.8 Å². The molecule has 3 rings (SSSR count). The van der Waals surface area contributed by atoms with Gasteiger partial charge in [0, 0.05) is 5.02 Å². The van der Waals surface area contributed by atoms with Crippen molar-refractivity contribution in [3.63, 3.8) is 0 Å². The number of aromatic nitrogens is 4. The van der Waals surface area contributed by atoms with Gasteiger partial charge in [0.15, 0.2) is 0 Å². The van der Waals surface area contributed by atoms with Gasteiger partial charge in [-0.3, -0.25) is 0 Å². The molecule has 0 atom stereocenters. The van der Waals surface area contributed by atoms with Crippen LogP contribution in [0.15, 0.2) is 53.3 Å². The van der Waals surface area contributed by atoms with Gasteiger partial charge in [-0.25, -0.2) is 4.79 Å². The Balaban J connectivity index is 1.92. The Morgan fingerprint density at radius 2 is 1.86 bits per heavy atom. The van der Waals surface area contributed by atoms with Crippen molar-refractivity contribution in [2.24, 2.45) is 0 Å². The minimum Gasteiger partial charge on any atom is -0.244 e. The molecule has 0 unspecified atom stereocenters. The Bertz CT molecular complexity index is 820. The summed E-state index contributed by atoms with van der Waals surface area (Å²) in [6.45, 7) is 2.41. The predicted molar refractivity (Wildman–Crippen MR) is 80.9 cm³/mol. The molecule has 0 saturated carbocycles. The van der Waals surface area contributed by atoms with Gasteiger partial charge in [0.25, 0.3) is 0 Å². The number of halogens is 1. The fourth-order valence-corrected chi connectivity index (χ4v) is 2.23. The summed E-state index contributed by atoms with van der Waals surface area (Å²) in [4.78, 5) is 12.3. The van der Waals surface area contributed by atoms with Crippen LogP contribution in [0.1, 0.15) is 11.1 Å². The number of aryl methyl sites for hydroxylation is 1. The van der Waals surface area contributed by atoms with Gasteiger partial charge in [0.1, 0.15) is 0 Å². The standard InChI is InChI=1S/C15H13ClN4O/c1-11-3-2-4-12(9-11)10-19-15(21)20(18-17-19)14-7-5-13(16)6-8-14/h2-9H,10H2,1H3. The van der Waals surface area contributed by atoms with Gasteiger partial charge >= 0.3 is 5.69 Å². The van der Waals surface area contributed by atoms with Crippen molar-refractivity contribution >= 4 is 11.6 Å². The average molecular weight is 301 g/mol. The molecule has 2 aromatic carbocycles. The second-order valence-electron chi connectivity index (χ2n) is 4.80. The first-order chi connectivity index (χ1) is 10.1. The zero-order valence-electron chi connectivity index (χ0n) is 11.4. The van der Waals surface area contributed by atoms with Crippen molar-refractivity contribution in [2.75, 3.05) is 0 Å². The Kier molecular flexibility index (Phi) is 3.58.